The third kappa shape index (κ3) is 2.36. The largest absolute Gasteiger partial charge is 0.383 e. The van der Waals surface area contributed by atoms with E-state index < -0.39 is 0 Å². The highest BCUT2D eigenvalue weighted by Crippen LogP contribution is 2.20. The van der Waals surface area contributed by atoms with Crippen LogP contribution >= 0.6 is 15.9 Å². The molecule has 2 rings (SSSR count). The maximum atomic E-state index is 12.3. The van der Waals surface area contributed by atoms with Gasteiger partial charge in [-0.15, -0.1) is 0 Å². The molecule has 0 saturated carbocycles. The number of nitrogens with two attached hydrogens (primary N) is 1. The van der Waals surface area contributed by atoms with E-state index in [2.05, 4.69) is 20.9 Å². The Morgan fingerprint density at radius 2 is 2.12 bits per heavy atom. The number of carbonyl (C=O) groups excluding carboxylic acids is 1. The van der Waals surface area contributed by atoms with Gasteiger partial charge in [-0.2, -0.15) is 0 Å². The first-order valence-corrected chi connectivity index (χ1v) is 5.90. The second kappa shape index (κ2) is 4.67. The lowest BCUT2D eigenvalue weighted by atomic mass is 10.0. The number of nitrogen functional groups attached to an aromatic ring is 1. The van der Waals surface area contributed by atoms with E-state index in [1.54, 1.807) is 24.4 Å². The highest BCUT2D eigenvalue weighted by atomic mass is 79.9. The molecule has 0 unspecified atom stereocenters. The van der Waals surface area contributed by atoms with Crippen molar-refractivity contribution in [3.63, 3.8) is 0 Å². The second-order valence-electron chi connectivity index (χ2n) is 3.73. The van der Waals surface area contributed by atoms with Crippen LogP contribution in [0, 0.1) is 6.92 Å². The third-order valence-corrected chi connectivity index (χ3v) is 3.00. The van der Waals surface area contributed by atoms with Crippen molar-refractivity contribution in [3.05, 3.63) is 57.7 Å². The van der Waals surface area contributed by atoms with Crippen LogP contribution in [-0.2, 0) is 0 Å². The Bertz CT molecular complexity index is 561. The van der Waals surface area contributed by atoms with E-state index in [1.165, 1.54) is 0 Å². The first-order chi connectivity index (χ1) is 8.09. The van der Waals surface area contributed by atoms with Crippen LogP contribution in [0.4, 0.5) is 5.82 Å². The average molecular weight is 291 g/mol. The van der Waals surface area contributed by atoms with Crippen molar-refractivity contribution in [1.82, 2.24) is 4.98 Å². The summed E-state index contributed by atoms with van der Waals surface area (Å²) in [6, 6.07) is 9.00. The standard InChI is InChI=1S/C13H11BrN2O/c1-8-5-6-16-13(15)11(8)12(17)9-3-2-4-10(14)7-9/h2-7H,1H3,(H2,15,16). The summed E-state index contributed by atoms with van der Waals surface area (Å²) in [5.41, 5.74) is 7.67. The van der Waals surface area contributed by atoms with Crippen LogP contribution < -0.4 is 5.73 Å². The Hall–Kier alpha value is -1.68. The van der Waals surface area contributed by atoms with Gasteiger partial charge in [-0.3, -0.25) is 4.79 Å². The minimum absolute atomic E-state index is 0.102. The number of aromatic nitrogens is 1. The summed E-state index contributed by atoms with van der Waals surface area (Å²) < 4.78 is 0.864. The lowest BCUT2D eigenvalue weighted by Crippen LogP contribution is -2.09. The molecule has 1 aromatic carbocycles. The van der Waals surface area contributed by atoms with Gasteiger partial charge >= 0.3 is 0 Å². The van der Waals surface area contributed by atoms with Crippen molar-refractivity contribution in [1.29, 1.82) is 0 Å². The summed E-state index contributed by atoms with van der Waals surface area (Å²) in [6.45, 7) is 1.85. The molecule has 0 saturated heterocycles. The maximum Gasteiger partial charge on any atom is 0.197 e. The van der Waals surface area contributed by atoms with Gasteiger partial charge in [0.2, 0.25) is 0 Å². The molecule has 2 aromatic rings. The van der Waals surface area contributed by atoms with Crippen molar-refractivity contribution in [2.45, 2.75) is 6.92 Å². The van der Waals surface area contributed by atoms with Gasteiger partial charge in [0.1, 0.15) is 5.82 Å². The maximum absolute atomic E-state index is 12.3. The highest BCUT2D eigenvalue weighted by molar-refractivity contribution is 9.10. The van der Waals surface area contributed by atoms with Crippen molar-refractivity contribution < 1.29 is 4.79 Å². The Labute approximate surface area is 108 Å². The van der Waals surface area contributed by atoms with Crippen molar-refractivity contribution >= 4 is 27.5 Å². The molecular formula is C13H11BrN2O. The zero-order valence-electron chi connectivity index (χ0n) is 9.27. The van der Waals surface area contributed by atoms with Crippen LogP contribution in [0.2, 0.25) is 0 Å². The molecule has 3 nitrogen and oxygen atoms in total. The molecule has 2 N–H and O–H groups in total. The Morgan fingerprint density at radius 1 is 1.35 bits per heavy atom. The van der Waals surface area contributed by atoms with Gasteiger partial charge in [-0.1, -0.05) is 28.1 Å². The van der Waals surface area contributed by atoms with E-state index in [-0.39, 0.29) is 11.6 Å². The molecule has 0 fully saturated rings. The summed E-state index contributed by atoms with van der Waals surface area (Å²) >= 11 is 3.34. The van der Waals surface area contributed by atoms with Gasteiger partial charge in [0.05, 0.1) is 5.56 Å². The van der Waals surface area contributed by atoms with Crippen LogP contribution in [0.3, 0.4) is 0 Å². The van der Waals surface area contributed by atoms with Crippen LogP contribution in [0.25, 0.3) is 0 Å². The van der Waals surface area contributed by atoms with E-state index in [0.717, 1.165) is 10.0 Å². The number of benzene rings is 1. The molecule has 0 aliphatic heterocycles. The molecule has 86 valence electrons. The number of halogens is 1. The fourth-order valence-corrected chi connectivity index (χ4v) is 2.05. The quantitative estimate of drug-likeness (QED) is 0.865. The monoisotopic (exact) mass is 290 g/mol. The SMILES string of the molecule is Cc1ccnc(N)c1C(=O)c1cccc(Br)c1. The molecule has 0 aliphatic rings. The Morgan fingerprint density at radius 3 is 2.76 bits per heavy atom. The lowest BCUT2D eigenvalue weighted by molar-refractivity contribution is 0.103. The zero-order chi connectivity index (χ0) is 12.4. The summed E-state index contributed by atoms with van der Waals surface area (Å²) in [5, 5.41) is 0. The smallest absolute Gasteiger partial charge is 0.197 e. The molecule has 0 amide bonds. The van der Waals surface area contributed by atoms with Crippen molar-refractivity contribution in [2.75, 3.05) is 5.73 Å². The van der Waals surface area contributed by atoms with E-state index in [1.807, 2.05) is 19.1 Å². The van der Waals surface area contributed by atoms with E-state index in [9.17, 15) is 4.79 Å². The fraction of sp³-hybridized carbons (Fsp3) is 0.0769. The number of ketones is 1. The van der Waals surface area contributed by atoms with Crippen LogP contribution in [0.5, 0.6) is 0 Å². The van der Waals surface area contributed by atoms with Crippen LogP contribution in [0.1, 0.15) is 21.5 Å². The fourth-order valence-electron chi connectivity index (χ4n) is 1.65. The molecule has 17 heavy (non-hydrogen) atoms. The predicted molar refractivity (Wildman–Crippen MR) is 71.0 cm³/mol. The molecule has 0 bridgehead atoms. The summed E-state index contributed by atoms with van der Waals surface area (Å²) in [4.78, 5) is 16.3. The number of nitrogens with zero attached hydrogens (tertiary/aromatic N) is 1. The topological polar surface area (TPSA) is 56.0 Å². The molecule has 0 aliphatic carbocycles. The summed E-state index contributed by atoms with van der Waals surface area (Å²) in [6.07, 6.45) is 1.60. The van der Waals surface area contributed by atoms with Gasteiger partial charge in [-0.05, 0) is 30.7 Å². The summed E-state index contributed by atoms with van der Waals surface area (Å²) in [5.74, 6) is 0.171. The number of rotatable bonds is 2. The minimum atomic E-state index is -0.102. The van der Waals surface area contributed by atoms with Crippen molar-refractivity contribution in [2.24, 2.45) is 0 Å². The summed E-state index contributed by atoms with van der Waals surface area (Å²) in [7, 11) is 0. The molecule has 1 heterocycles. The molecule has 4 heteroatoms. The van der Waals surface area contributed by atoms with Gasteiger partial charge in [0.15, 0.2) is 5.78 Å². The Balaban J connectivity index is 2.51. The van der Waals surface area contributed by atoms with Gasteiger partial charge < -0.3 is 5.73 Å². The van der Waals surface area contributed by atoms with E-state index in [4.69, 9.17) is 5.73 Å². The second-order valence-corrected chi connectivity index (χ2v) is 4.64. The first kappa shape index (κ1) is 11.8. The van der Waals surface area contributed by atoms with Crippen molar-refractivity contribution in [3.8, 4) is 0 Å². The molecule has 0 atom stereocenters. The average Bonchev–Trinajstić information content (AvgIpc) is 2.28. The highest BCUT2D eigenvalue weighted by Gasteiger charge is 2.15. The first-order valence-electron chi connectivity index (χ1n) is 5.11. The number of carbonyl (C=O) groups is 1. The number of hydrogen-bond donors (Lipinski definition) is 1. The third-order valence-electron chi connectivity index (χ3n) is 2.50. The molecule has 0 radical (unpaired) electrons. The Kier molecular flexibility index (Phi) is 3.24. The number of hydrogen-bond acceptors (Lipinski definition) is 3. The molecular weight excluding hydrogens is 280 g/mol. The predicted octanol–water partition coefficient (Wildman–Crippen LogP) is 2.97. The van der Waals surface area contributed by atoms with Gasteiger partial charge in [0.25, 0.3) is 0 Å². The number of pyridine rings is 1. The molecule has 1 aromatic heterocycles. The van der Waals surface area contributed by atoms with E-state index in [0.29, 0.717) is 11.1 Å². The zero-order valence-corrected chi connectivity index (χ0v) is 10.9. The lowest BCUT2D eigenvalue weighted by Gasteiger charge is -2.07. The van der Waals surface area contributed by atoms with Crippen LogP contribution in [0.15, 0.2) is 41.0 Å². The molecule has 0 spiro atoms. The van der Waals surface area contributed by atoms with Gasteiger partial charge in [0, 0.05) is 16.2 Å². The van der Waals surface area contributed by atoms with Gasteiger partial charge in [-0.25, -0.2) is 4.98 Å². The number of anilines is 1. The minimum Gasteiger partial charge on any atom is -0.383 e. The number of aryl methyl sites for hydroxylation is 1. The van der Waals surface area contributed by atoms with Crippen LogP contribution in [-0.4, -0.2) is 10.8 Å². The van der Waals surface area contributed by atoms with E-state index >= 15 is 0 Å². The normalized spacial score (nSPS) is 10.2.